The maximum absolute atomic E-state index is 12.2. The van der Waals surface area contributed by atoms with Crippen LogP contribution in [0.2, 0.25) is 0 Å². The van der Waals surface area contributed by atoms with Gasteiger partial charge in [-0.15, -0.1) is 0 Å². The lowest BCUT2D eigenvalue weighted by atomic mass is 9.64. The first-order chi connectivity index (χ1) is 9.71. The van der Waals surface area contributed by atoms with Crippen LogP contribution in [0.3, 0.4) is 0 Å². The van der Waals surface area contributed by atoms with E-state index in [9.17, 15) is 13.2 Å². The normalized spacial score (nSPS) is 32.2. The molecule has 0 N–H and O–H groups in total. The van der Waals surface area contributed by atoms with Gasteiger partial charge in [-0.3, -0.25) is 4.79 Å². The molecule has 0 aromatic heterocycles. The Morgan fingerprint density at radius 2 is 1.86 bits per heavy atom. The average molecular weight is 313 g/mol. The minimum atomic E-state index is -2.93. The first-order valence-electron chi connectivity index (χ1n) is 7.89. The zero-order valence-electron chi connectivity index (χ0n) is 13.3. The molecular formula is C16H27NO3S. The van der Waals surface area contributed by atoms with Gasteiger partial charge in [0.25, 0.3) is 0 Å². The minimum Gasteiger partial charge on any atom is -0.337 e. The molecular weight excluding hydrogens is 286 g/mol. The summed E-state index contributed by atoms with van der Waals surface area (Å²) in [5, 5.41) is 0. The molecule has 1 saturated carbocycles. The van der Waals surface area contributed by atoms with Crippen molar-refractivity contribution in [2.45, 2.75) is 40.0 Å². The summed E-state index contributed by atoms with van der Waals surface area (Å²) in [5.41, 5.74) is 0.236. The van der Waals surface area contributed by atoms with Crippen molar-refractivity contribution in [1.29, 1.82) is 0 Å². The Hall–Kier alpha value is -0.840. The summed E-state index contributed by atoms with van der Waals surface area (Å²) in [5.74, 6) is 1.16. The molecule has 0 spiro atoms. The van der Waals surface area contributed by atoms with Gasteiger partial charge in [-0.1, -0.05) is 39.7 Å². The van der Waals surface area contributed by atoms with Gasteiger partial charge in [0.1, 0.15) is 0 Å². The van der Waals surface area contributed by atoms with E-state index in [1.54, 1.807) is 11.0 Å². The van der Waals surface area contributed by atoms with Gasteiger partial charge in [-0.05, 0) is 29.7 Å². The van der Waals surface area contributed by atoms with Gasteiger partial charge in [0, 0.05) is 13.1 Å². The fourth-order valence-electron chi connectivity index (χ4n) is 3.67. The van der Waals surface area contributed by atoms with Crippen molar-refractivity contribution in [3.63, 3.8) is 0 Å². The standard InChI is InChI=1S/C16H27NO3S/c1-13-5-4-8-16(2,3)14(13)6-7-15(18)17-9-11-21(19,20)12-10-17/h6-7,13-14H,4-5,8-12H2,1-3H3/b7-6+. The third kappa shape index (κ3) is 4.09. The summed E-state index contributed by atoms with van der Waals surface area (Å²) >= 11 is 0. The second-order valence-electron chi connectivity index (χ2n) is 7.22. The van der Waals surface area contributed by atoms with E-state index in [1.165, 1.54) is 19.3 Å². The molecule has 1 aliphatic carbocycles. The Labute approximate surface area is 128 Å². The van der Waals surface area contributed by atoms with Gasteiger partial charge in [0.05, 0.1) is 11.5 Å². The molecule has 120 valence electrons. The van der Waals surface area contributed by atoms with E-state index in [1.807, 2.05) is 0 Å². The minimum absolute atomic E-state index is 0.0431. The quantitative estimate of drug-likeness (QED) is 0.735. The molecule has 2 fully saturated rings. The van der Waals surface area contributed by atoms with Crippen LogP contribution in [0.15, 0.2) is 12.2 Å². The predicted molar refractivity (Wildman–Crippen MR) is 84.7 cm³/mol. The molecule has 2 atom stereocenters. The smallest absolute Gasteiger partial charge is 0.246 e. The molecule has 21 heavy (non-hydrogen) atoms. The van der Waals surface area contributed by atoms with Gasteiger partial charge < -0.3 is 4.90 Å². The second kappa shape index (κ2) is 6.11. The Balaban J connectivity index is 1.98. The van der Waals surface area contributed by atoms with Crippen molar-refractivity contribution in [1.82, 2.24) is 4.90 Å². The van der Waals surface area contributed by atoms with Crippen molar-refractivity contribution in [2.75, 3.05) is 24.6 Å². The Kier molecular flexibility index (Phi) is 4.81. The molecule has 0 aromatic carbocycles. The SMILES string of the molecule is CC1CCCC(C)(C)C1/C=C/C(=O)N1CCS(=O)(=O)CC1. The summed E-state index contributed by atoms with van der Waals surface area (Å²) in [6.07, 6.45) is 7.41. The average Bonchev–Trinajstić information content (AvgIpc) is 2.37. The van der Waals surface area contributed by atoms with Crippen LogP contribution in [0.25, 0.3) is 0 Å². The largest absolute Gasteiger partial charge is 0.337 e. The molecule has 2 aliphatic rings. The number of carbonyl (C=O) groups excluding carboxylic acids is 1. The second-order valence-corrected chi connectivity index (χ2v) is 9.52. The van der Waals surface area contributed by atoms with E-state index in [0.29, 0.717) is 24.9 Å². The Morgan fingerprint density at radius 1 is 1.24 bits per heavy atom. The molecule has 0 aromatic rings. The van der Waals surface area contributed by atoms with Crippen LogP contribution < -0.4 is 0 Å². The number of sulfone groups is 1. The van der Waals surface area contributed by atoms with Crippen LogP contribution in [0, 0.1) is 17.3 Å². The van der Waals surface area contributed by atoms with Gasteiger partial charge >= 0.3 is 0 Å². The van der Waals surface area contributed by atoms with Crippen molar-refractivity contribution in [2.24, 2.45) is 17.3 Å². The van der Waals surface area contributed by atoms with Gasteiger partial charge in [-0.25, -0.2) is 8.42 Å². The number of allylic oxidation sites excluding steroid dienone is 1. The lowest BCUT2D eigenvalue weighted by Gasteiger charge is -2.41. The highest BCUT2D eigenvalue weighted by molar-refractivity contribution is 7.91. The summed E-state index contributed by atoms with van der Waals surface area (Å²) in [4.78, 5) is 13.9. The van der Waals surface area contributed by atoms with Gasteiger partial charge in [-0.2, -0.15) is 0 Å². The van der Waals surface area contributed by atoms with Crippen LogP contribution in [0.4, 0.5) is 0 Å². The maximum atomic E-state index is 12.2. The molecule has 0 radical (unpaired) electrons. The van der Waals surface area contributed by atoms with Crippen LogP contribution in [0.5, 0.6) is 0 Å². The topological polar surface area (TPSA) is 54.5 Å². The molecule has 4 nitrogen and oxygen atoms in total. The third-order valence-corrected chi connectivity index (χ3v) is 6.71. The van der Waals surface area contributed by atoms with Crippen LogP contribution in [0.1, 0.15) is 40.0 Å². The first-order valence-corrected chi connectivity index (χ1v) is 9.71. The fraction of sp³-hybridized carbons (Fsp3) is 0.812. The van der Waals surface area contributed by atoms with Crippen LogP contribution in [-0.4, -0.2) is 43.8 Å². The zero-order chi connectivity index (χ0) is 15.7. The van der Waals surface area contributed by atoms with Crippen LogP contribution >= 0.6 is 0 Å². The number of nitrogens with zero attached hydrogens (tertiary/aromatic N) is 1. The van der Waals surface area contributed by atoms with E-state index in [2.05, 4.69) is 26.8 Å². The number of hydrogen-bond acceptors (Lipinski definition) is 3. The van der Waals surface area contributed by atoms with Gasteiger partial charge in [0.2, 0.25) is 5.91 Å². The molecule has 1 amide bonds. The molecule has 5 heteroatoms. The van der Waals surface area contributed by atoms with E-state index < -0.39 is 9.84 Å². The van der Waals surface area contributed by atoms with E-state index in [4.69, 9.17) is 0 Å². The monoisotopic (exact) mass is 313 g/mol. The molecule has 2 unspecified atom stereocenters. The lowest BCUT2D eigenvalue weighted by molar-refractivity contribution is -0.125. The number of amides is 1. The fourth-order valence-corrected chi connectivity index (χ4v) is 4.87. The number of hydrogen-bond donors (Lipinski definition) is 0. The van der Waals surface area contributed by atoms with E-state index in [-0.39, 0.29) is 22.8 Å². The summed E-state index contributed by atoms with van der Waals surface area (Å²) in [7, 11) is -2.93. The molecule has 1 saturated heterocycles. The van der Waals surface area contributed by atoms with Crippen LogP contribution in [-0.2, 0) is 14.6 Å². The van der Waals surface area contributed by atoms with Crippen molar-refractivity contribution < 1.29 is 13.2 Å². The summed E-state index contributed by atoms with van der Waals surface area (Å²) in [6.45, 7) is 7.46. The molecule has 1 aliphatic heterocycles. The molecule has 2 rings (SSSR count). The van der Waals surface area contributed by atoms with Crippen molar-refractivity contribution >= 4 is 15.7 Å². The van der Waals surface area contributed by atoms with Crippen molar-refractivity contribution in [3.05, 3.63) is 12.2 Å². The predicted octanol–water partition coefficient (Wildman–Crippen LogP) is 2.26. The molecule has 1 heterocycles. The highest BCUT2D eigenvalue weighted by Crippen LogP contribution is 2.44. The Morgan fingerprint density at radius 3 is 2.43 bits per heavy atom. The van der Waals surface area contributed by atoms with Crippen molar-refractivity contribution in [3.8, 4) is 0 Å². The molecule has 0 bridgehead atoms. The highest BCUT2D eigenvalue weighted by Gasteiger charge is 2.35. The first kappa shape index (κ1) is 16.5. The lowest BCUT2D eigenvalue weighted by Crippen LogP contribution is -2.43. The zero-order valence-corrected chi connectivity index (χ0v) is 14.2. The summed E-state index contributed by atoms with van der Waals surface area (Å²) in [6, 6.07) is 0. The highest BCUT2D eigenvalue weighted by atomic mass is 32.2. The maximum Gasteiger partial charge on any atom is 0.246 e. The number of carbonyl (C=O) groups is 1. The van der Waals surface area contributed by atoms with E-state index >= 15 is 0 Å². The van der Waals surface area contributed by atoms with E-state index in [0.717, 1.165) is 0 Å². The Bertz CT molecular complexity index is 508. The van der Waals surface area contributed by atoms with Gasteiger partial charge in [0.15, 0.2) is 9.84 Å². The summed E-state index contributed by atoms with van der Waals surface area (Å²) < 4.78 is 22.8. The number of rotatable bonds is 2. The third-order valence-electron chi connectivity index (χ3n) is 5.10.